The molecule has 8 nitrogen and oxygen atoms in total. The van der Waals surface area contributed by atoms with Crippen LogP contribution >= 0.6 is 0 Å². The minimum absolute atomic E-state index is 0.192. The molecule has 0 radical (unpaired) electrons. The highest BCUT2D eigenvalue weighted by Gasteiger charge is 2.47. The van der Waals surface area contributed by atoms with Gasteiger partial charge in [0.05, 0.1) is 23.0 Å². The Kier molecular flexibility index (Phi) is 6.57. The van der Waals surface area contributed by atoms with Gasteiger partial charge < -0.3 is 14.8 Å². The molecule has 0 bridgehead atoms. The average Bonchev–Trinajstić information content (AvgIpc) is 2.63. The third-order valence-electron chi connectivity index (χ3n) is 3.60. The highest BCUT2D eigenvalue weighted by molar-refractivity contribution is 7.92. The summed E-state index contributed by atoms with van der Waals surface area (Å²) in [4.78, 5) is 9.10. The van der Waals surface area contributed by atoms with Crippen LogP contribution < -0.4 is 14.8 Å². The number of sulfone groups is 1. The van der Waals surface area contributed by atoms with E-state index in [9.17, 15) is 31.7 Å². The van der Waals surface area contributed by atoms with Crippen LogP contribution in [0.2, 0.25) is 0 Å². The Labute approximate surface area is 164 Å². The highest BCUT2D eigenvalue weighted by Crippen LogP contribution is 2.37. The van der Waals surface area contributed by atoms with Gasteiger partial charge in [0.25, 0.3) is 15.5 Å². The first-order valence-electron chi connectivity index (χ1n) is 8.27. The van der Waals surface area contributed by atoms with Crippen molar-refractivity contribution in [2.45, 2.75) is 24.3 Å². The number of halogens is 3. The number of nitro groups is 1. The van der Waals surface area contributed by atoms with Gasteiger partial charge >= 0.3 is 5.51 Å². The lowest BCUT2D eigenvalue weighted by molar-refractivity contribution is -0.384. The maximum absolute atomic E-state index is 12.7. The molecule has 2 rings (SSSR count). The predicted molar refractivity (Wildman–Crippen MR) is 98.4 cm³/mol. The molecule has 12 heteroatoms. The molecule has 29 heavy (non-hydrogen) atoms. The van der Waals surface area contributed by atoms with Crippen LogP contribution in [0.25, 0.3) is 0 Å². The maximum Gasteiger partial charge on any atom is 0.501 e. The quantitative estimate of drug-likeness (QED) is 0.484. The molecule has 0 fully saturated rings. The first-order chi connectivity index (χ1) is 13.5. The Morgan fingerprint density at radius 2 is 1.66 bits per heavy atom. The molecule has 0 heterocycles. The van der Waals surface area contributed by atoms with Crippen molar-refractivity contribution < 1.29 is 36.0 Å². The SMILES string of the molecule is CCOc1ccc(Nc2ccc(S(=O)(=O)C(F)(F)F)cc2[N+](=O)[O-])cc1OCC. The van der Waals surface area contributed by atoms with E-state index < -0.39 is 30.9 Å². The molecule has 0 atom stereocenters. The molecule has 2 aromatic carbocycles. The lowest BCUT2D eigenvalue weighted by atomic mass is 10.2. The molecule has 0 aliphatic carbocycles. The van der Waals surface area contributed by atoms with Crippen LogP contribution in [-0.4, -0.2) is 32.1 Å². The molecule has 158 valence electrons. The van der Waals surface area contributed by atoms with Crippen LogP contribution in [0.5, 0.6) is 11.5 Å². The van der Waals surface area contributed by atoms with E-state index in [-0.39, 0.29) is 5.69 Å². The Balaban J connectivity index is 2.46. The molecule has 0 saturated heterocycles. The van der Waals surface area contributed by atoms with Gasteiger partial charge in [-0.1, -0.05) is 0 Å². The maximum atomic E-state index is 12.7. The fraction of sp³-hybridized carbons (Fsp3) is 0.294. The normalized spacial score (nSPS) is 11.8. The van der Waals surface area contributed by atoms with Crippen molar-refractivity contribution in [3.8, 4) is 11.5 Å². The molecular weight excluding hydrogens is 417 g/mol. The zero-order valence-corrected chi connectivity index (χ0v) is 16.1. The lowest BCUT2D eigenvalue weighted by Crippen LogP contribution is -2.23. The summed E-state index contributed by atoms with van der Waals surface area (Å²) in [7, 11) is -5.72. The predicted octanol–water partition coefficient (Wildman–Crippen LogP) is 4.43. The van der Waals surface area contributed by atoms with Gasteiger partial charge in [0, 0.05) is 17.8 Å². The minimum atomic E-state index is -5.72. The van der Waals surface area contributed by atoms with Crippen LogP contribution in [0.3, 0.4) is 0 Å². The van der Waals surface area contributed by atoms with Crippen LogP contribution in [0, 0.1) is 10.1 Å². The number of ether oxygens (including phenoxy) is 2. The van der Waals surface area contributed by atoms with Gasteiger partial charge in [-0.3, -0.25) is 10.1 Å². The number of hydrogen-bond donors (Lipinski definition) is 1. The summed E-state index contributed by atoms with van der Waals surface area (Å²) in [5, 5.41) is 14.0. The molecule has 0 aliphatic heterocycles. The monoisotopic (exact) mass is 434 g/mol. The third kappa shape index (κ3) is 4.88. The van der Waals surface area contributed by atoms with Crippen LogP contribution in [0.15, 0.2) is 41.3 Å². The number of benzene rings is 2. The summed E-state index contributed by atoms with van der Waals surface area (Å²) in [6.45, 7) is 4.24. The molecule has 0 aliphatic rings. The first-order valence-corrected chi connectivity index (χ1v) is 9.76. The van der Waals surface area contributed by atoms with E-state index in [0.29, 0.717) is 42.5 Å². The van der Waals surface area contributed by atoms with Crippen molar-refractivity contribution >= 4 is 26.9 Å². The van der Waals surface area contributed by atoms with Crippen LogP contribution in [0.4, 0.5) is 30.2 Å². The van der Waals surface area contributed by atoms with Crippen LogP contribution in [0.1, 0.15) is 13.8 Å². The number of nitrogens with zero attached hydrogens (tertiary/aromatic N) is 1. The Hall–Kier alpha value is -3.02. The van der Waals surface area contributed by atoms with E-state index in [1.807, 2.05) is 0 Å². The molecule has 0 amide bonds. The summed E-state index contributed by atoms with van der Waals surface area (Å²) < 4.78 is 72.0. The average molecular weight is 434 g/mol. The molecular formula is C17H17F3N2O6S. The van der Waals surface area contributed by atoms with Crippen molar-refractivity contribution in [2.75, 3.05) is 18.5 Å². The minimum Gasteiger partial charge on any atom is -0.490 e. The van der Waals surface area contributed by atoms with Crippen molar-refractivity contribution in [3.63, 3.8) is 0 Å². The number of hydrogen-bond acceptors (Lipinski definition) is 7. The second-order valence-corrected chi connectivity index (χ2v) is 7.48. The summed E-state index contributed by atoms with van der Waals surface area (Å²) in [5.41, 5.74) is -6.27. The summed E-state index contributed by atoms with van der Waals surface area (Å²) in [5.74, 6) is 0.805. The summed E-state index contributed by atoms with van der Waals surface area (Å²) in [6.07, 6.45) is 0. The molecule has 0 aromatic heterocycles. The van der Waals surface area contributed by atoms with Gasteiger partial charge in [0.2, 0.25) is 0 Å². The Morgan fingerprint density at radius 3 is 2.21 bits per heavy atom. The third-order valence-corrected chi connectivity index (χ3v) is 5.09. The number of anilines is 2. The lowest BCUT2D eigenvalue weighted by Gasteiger charge is -2.14. The van der Waals surface area contributed by atoms with Gasteiger partial charge in [-0.2, -0.15) is 13.2 Å². The topological polar surface area (TPSA) is 108 Å². The van der Waals surface area contributed by atoms with E-state index in [4.69, 9.17) is 9.47 Å². The van der Waals surface area contributed by atoms with E-state index in [1.165, 1.54) is 12.1 Å². The Bertz CT molecular complexity index is 1010. The molecule has 0 unspecified atom stereocenters. The molecule has 2 aromatic rings. The summed E-state index contributed by atoms with van der Waals surface area (Å²) in [6, 6.07) is 6.49. The van der Waals surface area contributed by atoms with E-state index >= 15 is 0 Å². The van der Waals surface area contributed by atoms with Crippen molar-refractivity contribution in [3.05, 3.63) is 46.5 Å². The van der Waals surface area contributed by atoms with Crippen molar-refractivity contribution in [1.82, 2.24) is 0 Å². The second-order valence-electron chi connectivity index (χ2n) is 5.54. The van der Waals surface area contributed by atoms with E-state index in [2.05, 4.69) is 5.32 Å². The van der Waals surface area contributed by atoms with Crippen molar-refractivity contribution in [2.24, 2.45) is 0 Å². The van der Waals surface area contributed by atoms with Gasteiger partial charge in [-0.05, 0) is 38.1 Å². The zero-order chi connectivity index (χ0) is 21.8. The first kappa shape index (κ1) is 22.3. The van der Waals surface area contributed by atoms with Gasteiger partial charge in [-0.15, -0.1) is 0 Å². The molecule has 0 saturated carbocycles. The zero-order valence-electron chi connectivity index (χ0n) is 15.3. The van der Waals surface area contributed by atoms with E-state index in [0.717, 1.165) is 6.07 Å². The van der Waals surface area contributed by atoms with E-state index in [1.54, 1.807) is 19.9 Å². The smallest absolute Gasteiger partial charge is 0.490 e. The Morgan fingerprint density at radius 1 is 1.03 bits per heavy atom. The van der Waals surface area contributed by atoms with Crippen molar-refractivity contribution in [1.29, 1.82) is 0 Å². The van der Waals surface area contributed by atoms with Gasteiger partial charge in [0.15, 0.2) is 11.5 Å². The van der Waals surface area contributed by atoms with Crippen LogP contribution in [-0.2, 0) is 9.84 Å². The van der Waals surface area contributed by atoms with Gasteiger partial charge in [0.1, 0.15) is 5.69 Å². The summed E-state index contributed by atoms with van der Waals surface area (Å²) >= 11 is 0. The number of nitro benzene ring substituents is 1. The largest absolute Gasteiger partial charge is 0.501 e. The second kappa shape index (κ2) is 8.55. The molecule has 1 N–H and O–H groups in total. The number of nitrogens with one attached hydrogen (secondary N) is 1. The highest BCUT2D eigenvalue weighted by atomic mass is 32.2. The fourth-order valence-corrected chi connectivity index (χ4v) is 3.13. The van der Waals surface area contributed by atoms with Gasteiger partial charge in [-0.25, -0.2) is 8.42 Å². The molecule has 0 spiro atoms. The number of alkyl halides is 3. The fourth-order valence-electron chi connectivity index (χ4n) is 2.35. The standard InChI is InChI=1S/C17H17F3N2O6S/c1-3-27-15-8-5-11(9-16(15)28-4-2)21-13-7-6-12(10-14(13)22(23)24)29(25,26)17(18,19)20/h5-10,21H,3-4H2,1-2H3. The number of rotatable bonds is 8.